The van der Waals surface area contributed by atoms with Crippen molar-refractivity contribution in [3.05, 3.63) is 34.3 Å². The highest BCUT2D eigenvalue weighted by atomic mass is 79.9. The first-order chi connectivity index (χ1) is 9.61. The van der Waals surface area contributed by atoms with Crippen molar-refractivity contribution < 1.29 is 9.53 Å². The Bertz CT molecular complexity index is 450. The van der Waals surface area contributed by atoms with Crippen molar-refractivity contribution in [2.45, 2.75) is 25.9 Å². The van der Waals surface area contributed by atoms with Crippen molar-refractivity contribution in [3.63, 3.8) is 0 Å². The van der Waals surface area contributed by atoms with Gasteiger partial charge in [-0.15, -0.1) is 0 Å². The van der Waals surface area contributed by atoms with Gasteiger partial charge in [-0.1, -0.05) is 35.0 Å². The summed E-state index contributed by atoms with van der Waals surface area (Å²) in [6.07, 6.45) is 0. The quantitative estimate of drug-likeness (QED) is 0.864. The number of amides is 1. The number of carbonyl (C=O) groups excluding carboxylic acids is 1. The van der Waals surface area contributed by atoms with Crippen molar-refractivity contribution in [2.24, 2.45) is 5.92 Å². The third-order valence-corrected chi connectivity index (χ3v) is 4.14. The fourth-order valence-electron chi connectivity index (χ4n) is 2.43. The highest BCUT2D eigenvalue weighted by Crippen LogP contribution is 2.19. The van der Waals surface area contributed by atoms with E-state index in [4.69, 9.17) is 4.74 Å². The Kier molecular flexibility index (Phi) is 5.57. The molecule has 0 aromatic heterocycles. The number of halogens is 1. The molecule has 3 atom stereocenters. The number of benzene rings is 1. The smallest absolute Gasteiger partial charge is 0.227 e. The molecule has 1 aromatic carbocycles. The molecule has 4 nitrogen and oxygen atoms in total. The molecule has 5 heteroatoms. The zero-order valence-corrected chi connectivity index (χ0v) is 13.4. The molecule has 1 saturated heterocycles. The van der Waals surface area contributed by atoms with E-state index in [1.165, 1.54) is 0 Å². The van der Waals surface area contributed by atoms with Gasteiger partial charge >= 0.3 is 0 Å². The Balaban J connectivity index is 1.95. The first-order valence-corrected chi connectivity index (χ1v) is 7.78. The summed E-state index contributed by atoms with van der Waals surface area (Å²) in [6.45, 7) is 5.99. The minimum Gasteiger partial charge on any atom is -0.379 e. The Hall–Kier alpha value is -0.910. The van der Waals surface area contributed by atoms with Crippen LogP contribution in [0.25, 0.3) is 0 Å². The minimum atomic E-state index is -0.104. The van der Waals surface area contributed by atoms with Crippen molar-refractivity contribution in [1.82, 2.24) is 10.6 Å². The fourth-order valence-corrected chi connectivity index (χ4v) is 2.70. The third-order valence-electron chi connectivity index (χ3n) is 3.61. The summed E-state index contributed by atoms with van der Waals surface area (Å²) in [5, 5.41) is 6.38. The maximum atomic E-state index is 12.3. The molecule has 1 fully saturated rings. The number of nitrogens with one attached hydrogen (secondary N) is 2. The molecule has 1 aliphatic heterocycles. The predicted octanol–water partition coefficient (Wildman–Crippen LogP) is 2.25. The molecule has 0 spiro atoms. The van der Waals surface area contributed by atoms with E-state index in [9.17, 15) is 4.79 Å². The highest BCUT2D eigenvalue weighted by molar-refractivity contribution is 9.10. The van der Waals surface area contributed by atoms with Crippen molar-refractivity contribution in [2.75, 3.05) is 19.8 Å². The normalized spacial score (nSPS) is 23.6. The van der Waals surface area contributed by atoms with Gasteiger partial charge in [0.1, 0.15) is 0 Å². The van der Waals surface area contributed by atoms with Crippen LogP contribution < -0.4 is 10.6 Å². The Morgan fingerprint density at radius 3 is 2.75 bits per heavy atom. The molecule has 2 unspecified atom stereocenters. The van der Waals surface area contributed by atoms with E-state index in [0.717, 1.165) is 16.6 Å². The second-order valence-electron chi connectivity index (χ2n) is 5.09. The van der Waals surface area contributed by atoms with Gasteiger partial charge in [-0.2, -0.15) is 0 Å². The summed E-state index contributed by atoms with van der Waals surface area (Å²) in [4.78, 5) is 12.3. The number of rotatable bonds is 5. The summed E-state index contributed by atoms with van der Waals surface area (Å²) < 4.78 is 6.46. The summed E-state index contributed by atoms with van der Waals surface area (Å²) in [6, 6.07) is 8.12. The van der Waals surface area contributed by atoms with E-state index in [0.29, 0.717) is 13.2 Å². The topological polar surface area (TPSA) is 50.4 Å². The molecule has 1 amide bonds. The van der Waals surface area contributed by atoms with Crippen LogP contribution in [0.4, 0.5) is 0 Å². The van der Waals surface area contributed by atoms with E-state index in [2.05, 4.69) is 26.6 Å². The van der Waals surface area contributed by atoms with Gasteiger partial charge in [0.25, 0.3) is 0 Å². The van der Waals surface area contributed by atoms with Crippen LogP contribution in [0.2, 0.25) is 0 Å². The summed E-state index contributed by atoms with van der Waals surface area (Å²) in [5.41, 5.74) is 1.10. The molecule has 110 valence electrons. The number of ether oxygens (including phenoxy) is 1. The number of hydrogen-bond acceptors (Lipinski definition) is 3. The molecule has 2 rings (SSSR count). The number of hydrogen-bond donors (Lipinski definition) is 2. The van der Waals surface area contributed by atoms with Crippen LogP contribution in [0, 0.1) is 5.92 Å². The molecule has 0 radical (unpaired) electrons. The average molecular weight is 341 g/mol. The number of likely N-dealkylation sites (N-methyl/N-ethyl adjacent to an activating group) is 1. The molecule has 1 aliphatic rings. The third kappa shape index (κ3) is 3.81. The first-order valence-electron chi connectivity index (χ1n) is 6.98. The van der Waals surface area contributed by atoms with Gasteiger partial charge in [0, 0.05) is 10.5 Å². The molecule has 20 heavy (non-hydrogen) atoms. The fraction of sp³-hybridized carbons (Fsp3) is 0.533. The van der Waals surface area contributed by atoms with Crippen LogP contribution in [0.3, 0.4) is 0 Å². The average Bonchev–Trinajstić information content (AvgIpc) is 2.88. The van der Waals surface area contributed by atoms with Gasteiger partial charge in [0.2, 0.25) is 5.91 Å². The van der Waals surface area contributed by atoms with E-state index in [-0.39, 0.29) is 23.9 Å². The van der Waals surface area contributed by atoms with Gasteiger partial charge in [0.05, 0.1) is 25.2 Å². The lowest BCUT2D eigenvalue weighted by molar-refractivity contribution is -0.126. The SMILES string of the molecule is CCNC1COCC1C(=O)N[C@@H](C)c1ccc(Br)cc1. The lowest BCUT2D eigenvalue weighted by Gasteiger charge is -2.21. The lowest BCUT2D eigenvalue weighted by Crippen LogP contribution is -2.44. The second-order valence-corrected chi connectivity index (χ2v) is 6.01. The molecular weight excluding hydrogens is 320 g/mol. The van der Waals surface area contributed by atoms with Gasteiger partial charge < -0.3 is 15.4 Å². The molecule has 0 saturated carbocycles. The summed E-state index contributed by atoms with van der Waals surface area (Å²) in [7, 11) is 0. The maximum Gasteiger partial charge on any atom is 0.227 e. The predicted molar refractivity (Wildman–Crippen MR) is 82.5 cm³/mol. The summed E-state index contributed by atoms with van der Waals surface area (Å²) in [5.74, 6) is -0.0447. The number of carbonyl (C=O) groups is 1. The summed E-state index contributed by atoms with van der Waals surface area (Å²) >= 11 is 3.41. The van der Waals surface area contributed by atoms with Crippen molar-refractivity contribution >= 4 is 21.8 Å². The Labute approximate surface area is 128 Å². The van der Waals surface area contributed by atoms with E-state index < -0.39 is 0 Å². The molecule has 2 N–H and O–H groups in total. The monoisotopic (exact) mass is 340 g/mol. The molecule has 0 aliphatic carbocycles. The van der Waals surface area contributed by atoms with Crippen molar-refractivity contribution in [3.8, 4) is 0 Å². The Morgan fingerprint density at radius 1 is 1.40 bits per heavy atom. The lowest BCUT2D eigenvalue weighted by atomic mass is 10.0. The van der Waals surface area contributed by atoms with Crippen LogP contribution in [0.5, 0.6) is 0 Å². The molecule has 1 heterocycles. The Morgan fingerprint density at radius 2 is 2.10 bits per heavy atom. The van der Waals surface area contributed by atoms with E-state index in [1.807, 2.05) is 38.1 Å². The second kappa shape index (κ2) is 7.20. The minimum absolute atomic E-state index is 0.00141. The van der Waals surface area contributed by atoms with Gasteiger partial charge in [-0.05, 0) is 31.2 Å². The molecule has 0 bridgehead atoms. The van der Waals surface area contributed by atoms with Crippen LogP contribution in [-0.2, 0) is 9.53 Å². The van der Waals surface area contributed by atoms with Crippen LogP contribution in [0.15, 0.2) is 28.7 Å². The molecule has 1 aromatic rings. The van der Waals surface area contributed by atoms with Gasteiger partial charge in [-0.3, -0.25) is 4.79 Å². The van der Waals surface area contributed by atoms with E-state index >= 15 is 0 Å². The van der Waals surface area contributed by atoms with Gasteiger partial charge in [-0.25, -0.2) is 0 Å². The van der Waals surface area contributed by atoms with Crippen LogP contribution in [0.1, 0.15) is 25.5 Å². The van der Waals surface area contributed by atoms with Gasteiger partial charge in [0.15, 0.2) is 0 Å². The van der Waals surface area contributed by atoms with Crippen LogP contribution >= 0.6 is 15.9 Å². The zero-order valence-electron chi connectivity index (χ0n) is 11.9. The van der Waals surface area contributed by atoms with Crippen LogP contribution in [-0.4, -0.2) is 31.7 Å². The highest BCUT2D eigenvalue weighted by Gasteiger charge is 2.33. The standard InChI is InChI=1S/C15H21BrN2O2/c1-3-17-14-9-20-8-13(14)15(19)18-10(2)11-4-6-12(16)7-5-11/h4-7,10,13-14,17H,3,8-9H2,1-2H3,(H,18,19)/t10-,13?,14?/m0/s1. The largest absolute Gasteiger partial charge is 0.379 e. The van der Waals surface area contributed by atoms with Crippen molar-refractivity contribution in [1.29, 1.82) is 0 Å². The molecular formula is C15H21BrN2O2. The van der Waals surface area contributed by atoms with E-state index in [1.54, 1.807) is 0 Å². The zero-order chi connectivity index (χ0) is 14.5. The maximum absolute atomic E-state index is 12.3. The first kappa shape index (κ1) is 15.5.